The van der Waals surface area contributed by atoms with Gasteiger partial charge >= 0.3 is 0 Å². The van der Waals surface area contributed by atoms with Gasteiger partial charge in [0.25, 0.3) is 0 Å². The molecule has 0 aliphatic heterocycles. The van der Waals surface area contributed by atoms with Crippen LogP contribution in [-0.4, -0.2) is 40.9 Å². The predicted octanol–water partition coefficient (Wildman–Crippen LogP) is 0.258. The Hall–Kier alpha value is -1.60. The molecule has 0 heterocycles. The van der Waals surface area contributed by atoms with Gasteiger partial charge in [-0.15, -0.1) is 0 Å². The van der Waals surface area contributed by atoms with E-state index >= 15 is 0 Å². The van der Waals surface area contributed by atoms with Gasteiger partial charge in [0.2, 0.25) is 0 Å². The van der Waals surface area contributed by atoms with Gasteiger partial charge in [0.1, 0.15) is 5.75 Å². The van der Waals surface area contributed by atoms with E-state index in [-0.39, 0.29) is 5.84 Å². The lowest BCUT2D eigenvalue weighted by Crippen LogP contribution is -2.20. The minimum atomic E-state index is -0.810. The number of rotatable bonds is 7. The zero-order valence-corrected chi connectivity index (χ0v) is 11.9. The van der Waals surface area contributed by atoms with Crippen molar-refractivity contribution in [3.8, 4) is 5.75 Å². The second-order valence-corrected chi connectivity index (χ2v) is 5.52. The maximum atomic E-state index is 10.9. The Kier molecular flexibility index (Phi) is 6.31. The van der Waals surface area contributed by atoms with Crippen molar-refractivity contribution in [2.24, 2.45) is 10.9 Å². The number of hydrogen-bond donors (Lipinski definition) is 3. The van der Waals surface area contributed by atoms with Crippen LogP contribution in [0.1, 0.15) is 11.1 Å². The Morgan fingerprint density at radius 1 is 1.58 bits per heavy atom. The van der Waals surface area contributed by atoms with E-state index in [9.17, 15) is 4.21 Å². The molecule has 4 N–H and O–H groups in total. The fourth-order valence-corrected chi connectivity index (χ4v) is 2.00. The Morgan fingerprint density at radius 2 is 2.32 bits per heavy atom. The maximum absolute atomic E-state index is 10.9. The van der Waals surface area contributed by atoms with E-state index in [0.717, 1.165) is 11.3 Å². The summed E-state index contributed by atoms with van der Waals surface area (Å²) in [5.41, 5.74) is 7.07. The molecule has 0 aromatic heterocycles. The molecular formula is C12H19N3O3S. The van der Waals surface area contributed by atoms with E-state index in [1.54, 1.807) is 31.6 Å². The summed E-state index contributed by atoms with van der Waals surface area (Å²) in [7, 11) is 0.777. The zero-order valence-electron chi connectivity index (χ0n) is 11.0. The van der Waals surface area contributed by atoms with Crippen molar-refractivity contribution >= 4 is 16.6 Å². The van der Waals surface area contributed by atoms with Crippen LogP contribution in [0.3, 0.4) is 0 Å². The van der Waals surface area contributed by atoms with Crippen LogP contribution in [0.4, 0.5) is 0 Å². The number of nitrogens with one attached hydrogen (secondary N) is 1. The van der Waals surface area contributed by atoms with Crippen LogP contribution < -0.4 is 15.8 Å². The summed E-state index contributed by atoms with van der Waals surface area (Å²) < 4.78 is 16.2. The van der Waals surface area contributed by atoms with Crippen LogP contribution >= 0.6 is 0 Å². The molecule has 6 nitrogen and oxygen atoms in total. The first-order chi connectivity index (χ1) is 9.08. The predicted molar refractivity (Wildman–Crippen MR) is 76.1 cm³/mol. The number of methoxy groups -OCH3 is 1. The molecule has 0 aliphatic carbocycles. The molecule has 0 radical (unpaired) electrons. The third-order valence-electron chi connectivity index (χ3n) is 2.57. The number of nitrogens with zero attached hydrogens (tertiary/aromatic N) is 1. The van der Waals surface area contributed by atoms with Crippen molar-refractivity contribution < 1.29 is 14.2 Å². The highest BCUT2D eigenvalue weighted by atomic mass is 32.2. The van der Waals surface area contributed by atoms with Gasteiger partial charge in [0, 0.05) is 47.0 Å². The van der Waals surface area contributed by atoms with Crippen molar-refractivity contribution in [2.45, 2.75) is 6.54 Å². The highest BCUT2D eigenvalue weighted by Crippen LogP contribution is 2.19. The van der Waals surface area contributed by atoms with Crippen LogP contribution in [0.2, 0.25) is 0 Å². The molecule has 1 aromatic rings. The first-order valence-electron chi connectivity index (χ1n) is 5.74. The molecule has 7 heteroatoms. The summed E-state index contributed by atoms with van der Waals surface area (Å²) in [6, 6.07) is 5.28. The molecule has 0 saturated heterocycles. The molecule has 19 heavy (non-hydrogen) atoms. The SMILES string of the molecule is COc1ccc(/C(N)=N/O)cc1CNCCS(C)=O. The zero-order chi connectivity index (χ0) is 14.3. The summed E-state index contributed by atoms with van der Waals surface area (Å²) in [4.78, 5) is 0. The summed E-state index contributed by atoms with van der Waals surface area (Å²) >= 11 is 0. The fraction of sp³-hybridized carbons (Fsp3) is 0.417. The van der Waals surface area contributed by atoms with E-state index in [0.29, 0.717) is 24.4 Å². The lowest BCUT2D eigenvalue weighted by molar-refractivity contribution is 0.318. The summed E-state index contributed by atoms with van der Waals surface area (Å²) in [6.45, 7) is 1.22. The van der Waals surface area contributed by atoms with Crippen LogP contribution in [0, 0.1) is 0 Å². The van der Waals surface area contributed by atoms with Crippen molar-refractivity contribution in [3.05, 3.63) is 29.3 Å². The second-order valence-electron chi connectivity index (χ2n) is 3.97. The summed E-state index contributed by atoms with van der Waals surface area (Å²) in [5.74, 6) is 1.38. The highest BCUT2D eigenvalue weighted by Gasteiger charge is 2.07. The standard InChI is InChI=1S/C12H19N3O3S/c1-18-11-4-3-9(12(13)15-16)7-10(11)8-14-5-6-19(2)17/h3-4,7,14,16H,5-6,8H2,1-2H3,(H2,13,15). The molecule has 0 bridgehead atoms. The molecule has 0 spiro atoms. The molecule has 0 fully saturated rings. The fourth-order valence-electron chi connectivity index (χ4n) is 1.57. The largest absolute Gasteiger partial charge is 0.496 e. The highest BCUT2D eigenvalue weighted by molar-refractivity contribution is 7.84. The van der Waals surface area contributed by atoms with Gasteiger partial charge in [-0.3, -0.25) is 4.21 Å². The van der Waals surface area contributed by atoms with Crippen LogP contribution in [-0.2, 0) is 17.3 Å². The minimum Gasteiger partial charge on any atom is -0.496 e. The Balaban J connectivity index is 2.76. The van der Waals surface area contributed by atoms with Crippen molar-refractivity contribution in [1.82, 2.24) is 5.32 Å². The molecule has 0 saturated carbocycles. The Labute approximate surface area is 115 Å². The average Bonchev–Trinajstić information content (AvgIpc) is 2.42. The van der Waals surface area contributed by atoms with Gasteiger partial charge in [-0.25, -0.2) is 0 Å². The van der Waals surface area contributed by atoms with Crippen LogP contribution in [0.5, 0.6) is 5.75 Å². The number of amidine groups is 1. The topological polar surface area (TPSA) is 96.9 Å². The van der Waals surface area contributed by atoms with E-state index in [4.69, 9.17) is 15.7 Å². The maximum Gasteiger partial charge on any atom is 0.170 e. The minimum absolute atomic E-state index is 0.0542. The number of benzene rings is 1. The first kappa shape index (κ1) is 15.5. The monoisotopic (exact) mass is 285 g/mol. The molecule has 0 amide bonds. The smallest absolute Gasteiger partial charge is 0.170 e. The van der Waals surface area contributed by atoms with Gasteiger partial charge in [-0.05, 0) is 18.2 Å². The lowest BCUT2D eigenvalue weighted by Gasteiger charge is -2.11. The Bertz CT molecular complexity index is 477. The van der Waals surface area contributed by atoms with Gasteiger partial charge in [-0.1, -0.05) is 5.16 Å². The molecule has 0 aliphatic rings. The molecule has 1 rings (SSSR count). The lowest BCUT2D eigenvalue weighted by atomic mass is 10.1. The number of hydrogen-bond acceptors (Lipinski definition) is 5. The van der Waals surface area contributed by atoms with Crippen LogP contribution in [0.25, 0.3) is 0 Å². The van der Waals surface area contributed by atoms with E-state index in [1.165, 1.54) is 0 Å². The van der Waals surface area contributed by atoms with Crippen LogP contribution in [0.15, 0.2) is 23.4 Å². The summed E-state index contributed by atoms with van der Waals surface area (Å²) in [6.07, 6.45) is 1.67. The van der Waals surface area contributed by atoms with Crippen molar-refractivity contribution in [2.75, 3.05) is 25.7 Å². The van der Waals surface area contributed by atoms with Crippen molar-refractivity contribution in [1.29, 1.82) is 0 Å². The molecule has 1 atom stereocenters. The quantitative estimate of drug-likeness (QED) is 0.219. The third-order valence-corrected chi connectivity index (χ3v) is 3.34. The van der Waals surface area contributed by atoms with Gasteiger partial charge in [0.05, 0.1) is 7.11 Å². The third kappa shape index (κ3) is 4.88. The Morgan fingerprint density at radius 3 is 2.89 bits per heavy atom. The average molecular weight is 285 g/mol. The second kappa shape index (κ2) is 7.75. The van der Waals surface area contributed by atoms with Gasteiger partial charge in [-0.2, -0.15) is 0 Å². The molecule has 106 valence electrons. The van der Waals surface area contributed by atoms with E-state index < -0.39 is 10.8 Å². The number of nitrogens with two attached hydrogens (primary N) is 1. The molecule has 1 unspecified atom stereocenters. The first-order valence-corrected chi connectivity index (χ1v) is 7.46. The number of oxime groups is 1. The van der Waals surface area contributed by atoms with E-state index in [2.05, 4.69) is 10.5 Å². The number of ether oxygens (including phenoxy) is 1. The van der Waals surface area contributed by atoms with Gasteiger partial charge < -0.3 is 21.0 Å². The van der Waals surface area contributed by atoms with Gasteiger partial charge in [0.15, 0.2) is 5.84 Å². The molecular weight excluding hydrogens is 266 g/mol. The summed E-state index contributed by atoms with van der Waals surface area (Å²) in [5, 5.41) is 14.8. The van der Waals surface area contributed by atoms with Crippen molar-refractivity contribution in [3.63, 3.8) is 0 Å². The molecule has 1 aromatic carbocycles. The van der Waals surface area contributed by atoms with E-state index in [1.807, 2.05) is 0 Å². The normalized spacial score (nSPS) is 13.3.